The van der Waals surface area contributed by atoms with Crippen molar-refractivity contribution in [2.24, 2.45) is 4.99 Å². The molecule has 2 saturated heterocycles. The van der Waals surface area contributed by atoms with Crippen LogP contribution in [0.2, 0.25) is 0 Å². The van der Waals surface area contributed by atoms with E-state index in [1.807, 2.05) is 17.2 Å². The van der Waals surface area contributed by atoms with Crippen LogP contribution in [-0.2, 0) is 11.3 Å². The van der Waals surface area contributed by atoms with E-state index < -0.39 is 0 Å². The fourth-order valence-corrected chi connectivity index (χ4v) is 3.88. The smallest absolute Gasteiger partial charge is 0.289 e. The molecule has 166 valence electrons. The summed E-state index contributed by atoms with van der Waals surface area (Å²) in [5.74, 6) is 2.18. The molecule has 9 heteroatoms. The normalized spacial score (nSPS) is 17.7. The average Bonchev–Trinajstić information content (AvgIpc) is 3.37. The number of pyridine rings is 1. The van der Waals surface area contributed by atoms with Gasteiger partial charge < -0.3 is 29.2 Å². The van der Waals surface area contributed by atoms with Crippen molar-refractivity contribution in [3.05, 3.63) is 48.0 Å². The van der Waals surface area contributed by atoms with Crippen molar-refractivity contribution in [3.8, 4) is 0 Å². The van der Waals surface area contributed by atoms with Gasteiger partial charge in [-0.15, -0.1) is 0 Å². The molecule has 2 aromatic heterocycles. The number of anilines is 1. The Kier molecular flexibility index (Phi) is 7.03. The zero-order chi connectivity index (χ0) is 21.5. The Morgan fingerprint density at radius 1 is 1.10 bits per heavy atom. The molecule has 9 nitrogen and oxygen atoms in total. The van der Waals surface area contributed by atoms with Gasteiger partial charge in [0.05, 0.1) is 26.0 Å². The molecule has 0 radical (unpaired) electrons. The average molecular weight is 427 g/mol. The highest BCUT2D eigenvalue weighted by Crippen LogP contribution is 2.19. The first-order valence-electron chi connectivity index (χ1n) is 10.9. The summed E-state index contributed by atoms with van der Waals surface area (Å²) >= 11 is 0. The lowest BCUT2D eigenvalue weighted by molar-refractivity contribution is 0.0657. The lowest BCUT2D eigenvalue weighted by atomic mass is 10.2. The number of aromatic nitrogens is 1. The SMILES string of the molecule is CCNC(=NCc1cccnc1N1CCOCC1)N1CCN(C(=O)c2ccco2)CC1. The van der Waals surface area contributed by atoms with Gasteiger partial charge in [-0.1, -0.05) is 6.07 Å². The Balaban J connectivity index is 1.41. The Hall–Kier alpha value is -3.07. The van der Waals surface area contributed by atoms with Crippen LogP contribution >= 0.6 is 0 Å². The quantitative estimate of drug-likeness (QED) is 0.572. The summed E-state index contributed by atoms with van der Waals surface area (Å²) in [5, 5.41) is 3.39. The number of hydrogen-bond acceptors (Lipinski definition) is 6. The largest absolute Gasteiger partial charge is 0.459 e. The summed E-state index contributed by atoms with van der Waals surface area (Å²) in [7, 11) is 0. The Morgan fingerprint density at radius 3 is 2.58 bits per heavy atom. The van der Waals surface area contributed by atoms with Crippen molar-refractivity contribution in [2.45, 2.75) is 13.5 Å². The van der Waals surface area contributed by atoms with Gasteiger partial charge >= 0.3 is 0 Å². The van der Waals surface area contributed by atoms with Crippen molar-refractivity contribution < 1.29 is 13.9 Å². The highest BCUT2D eigenvalue weighted by atomic mass is 16.5. The monoisotopic (exact) mass is 426 g/mol. The van der Waals surface area contributed by atoms with Crippen LogP contribution in [0.25, 0.3) is 0 Å². The van der Waals surface area contributed by atoms with Crippen LogP contribution in [0.15, 0.2) is 46.1 Å². The number of hydrogen-bond donors (Lipinski definition) is 1. The first kappa shape index (κ1) is 21.2. The van der Waals surface area contributed by atoms with E-state index in [1.165, 1.54) is 6.26 Å². The molecule has 0 saturated carbocycles. The predicted molar refractivity (Wildman–Crippen MR) is 118 cm³/mol. The topological polar surface area (TPSA) is 86.4 Å². The van der Waals surface area contributed by atoms with E-state index in [0.29, 0.717) is 25.4 Å². The number of ether oxygens (including phenoxy) is 1. The van der Waals surface area contributed by atoms with Crippen LogP contribution in [0.4, 0.5) is 5.82 Å². The fraction of sp³-hybridized carbons (Fsp3) is 0.500. The maximum Gasteiger partial charge on any atom is 0.289 e. The second-order valence-corrected chi connectivity index (χ2v) is 7.51. The van der Waals surface area contributed by atoms with Crippen molar-refractivity contribution >= 4 is 17.7 Å². The number of rotatable bonds is 5. The van der Waals surface area contributed by atoms with Crippen LogP contribution in [0, 0.1) is 0 Å². The number of carbonyl (C=O) groups excluding carboxylic acids is 1. The summed E-state index contributed by atoms with van der Waals surface area (Å²) in [6.07, 6.45) is 3.36. The zero-order valence-corrected chi connectivity index (χ0v) is 18.0. The Bertz CT molecular complexity index is 871. The number of aliphatic imine (C=N–C) groups is 1. The molecule has 1 amide bonds. The van der Waals surface area contributed by atoms with Crippen LogP contribution in [-0.4, -0.2) is 85.7 Å². The van der Waals surface area contributed by atoms with Gasteiger partial charge in [-0.3, -0.25) is 4.79 Å². The molecule has 0 aromatic carbocycles. The first-order chi connectivity index (χ1) is 15.3. The predicted octanol–water partition coefficient (Wildman–Crippen LogP) is 1.43. The van der Waals surface area contributed by atoms with Gasteiger partial charge in [0, 0.05) is 57.6 Å². The summed E-state index contributed by atoms with van der Waals surface area (Å²) in [6, 6.07) is 7.49. The summed E-state index contributed by atoms with van der Waals surface area (Å²) in [5.41, 5.74) is 1.10. The van der Waals surface area contributed by atoms with E-state index in [2.05, 4.69) is 33.1 Å². The van der Waals surface area contributed by atoms with E-state index in [0.717, 1.165) is 63.3 Å². The van der Waals surface area contributed by atoms with Gasteiger partial charge in [-0.05, 0) is 25.1 Å². The van der Waals surface area contributed by atoms with Crippen LogP contribution < -0.4 is 10.2 Å². The lowest BCUT2D eigenvalue weighted by Crippen LogP contribution is -2.53. The van der Waals surface area contributed by atoms with E-state index in [9.17, 15) is 4.79 Å². The molecular formula is C22H30N6O3. The molecule has 2 aromatic rings. The Morgan fingerprint density at radius 2 is 1.87 bits per heavy atom. The zero-order valence-electron chi connectivity index (χ0n) is 18.0. The number of nitrogens with zero attached hydrogens (tertiary/aromatic N) is 5. The standard InChI is InChI=1S/C22H30N6O3/c1-2-23-22(28-10-8-27(9-11-28)21(29)19-6-4-14-31-19)25-17-18-5-3-7-24-20(18)26-12-15-30-16-13-26/h3-7,14H,2,8-13,15-17H2,1H3,(H,23,25). The molecule has 0 bridgehead atoms. The first-order valence-corrected chi connectivity index (χ1v) is 10.9. The molecule has 0 unspecified atom stereocenters. The molecule has 0 spiro atoms. The van der Waals surface area contributed by atoms with Crippen molar-refractivity contribution in [3.63, 3.8) is 0 Å². The van der Waals surface area contributed by atoms with Crippen LogP contribution in [0.1, 0.15) is 23.0 Å². The fourth-order valence-electron chi connectivity index (χ4n) is 3.88. The van der Waals surface area contributed by atoms with Gasteiger partial charge in [0.1, 0.15) is 5.82 Å². The molecule has 4 rings (SSSR count). The van der Waals surface area contributed by atoms with Gasteiger partial charge in [0.15, 0.2) is 11.7 Å². The molecule has 0 atom stereocenters. The van der Waals surface area contributed by atoms with E-state index in [1.54, 1.807) is 12.1 Å². The van der Waals surface area contributed by atoms with Gasteiger partial charge in [-0.25, -0.2) is 9.98 Å². The number of piperazine rings is 1. The second kappa shape index (κ2) is 10.3. The molecule has 1 N–H and O–H groups in total. The number of carbonyl (C=O) groups is 1. The minimum absolute atomic E-state index is 0.0582. The molecule has 2 aliphatic heterocycles. The number of amides is 1. The third-order valence-electron chi connectivity index (χ3n) is 5.51. The summed E-state index contributed by atoms with van der Waals surface area (Å²) in [4.78, 5) is 28.3. The number of nitrogens with one attached hydrogen (secondary N) is 1. The minimum Gasteiger partial charge on any atom is -0.459 e. The maximum absolute atomic E-state index is 12.5. The lowest BCUT2D eigenvalue weighted by Gasteiger charge is -2.36. The van der Waals surface area contributed by atoms with Gasteiger partial charge in [0.2, 0.25) is 0 Å². The maximum atomic E-state index is 12.5. The van der Waals surface area contributed by atoms with E-state index in [4.69, 9.17) is 14.1 Å². The van der Waals surface area contributed by atoms with Gasteiger partial charge in [-0.2, -0.15) is 0 Å². The van der Waals surface area contributed by atoms with Crippen molar-refractivity contribution in [2.75, 3.05) is 63.9 Å². The molecule has 4 heterocycles. The summed E-state index contributed by atoms with van der Waals surface area (Å²) < 4.78 is 10.7. The minimum atomic E-state index is -0.0582. The second-order valence-electron chi connectivity index (χ2n) is 7.51. The highest BCUT2D eigenvalue weighted by Gasteiger charge is 2.25. The van der Waals surface area contributed by atoms with Crippen molar-refractivity contribution in [1.29, 1.82) is 0 Å². The summed E-state index contributed by atoms with van der Waals surface area (Å²) in [6.45, 7) is 9.26. The number of furan rings is 1. The van der Waals surface area contributed by atoms with Gasteiger partial charge in [0.25, 0.3) is 5.91 Å². The number of guanidine groups is 1. The molecule has 2 aliphatic rings. The molecule has 2 fully saturated rings. The van der Waals surface area contributed by atoms with Crippen LogP contribution in [0.3, 0.4) is 0 Å². The van der Waals surface area contributed by atoms with Crippen molar-refractivity contribution in [1.82, 2.24) is 20.1 Å². The van der Waals surface area contributed by atoms with E-state index >= 15 is 0 Å². The van der Waals surface area contributed by atoms with E-state index in [-0.39, 0.29) is 5.91 Å². The third-order valence-corrected chi connectivity index (χ3v) is 5.51. The number of morpholine rings is 1. The third kappa shape index (κ3) is 5.16. The molecular weight excluding hydrogens is 396 g/mol. The molecule has 0 aliphatic carbocycles. The highest BCUT2D eigenvalue weighted by molar-refractivity contribution is 5.91. The molecule has 31 heavy (non-hydrogen) atoms. The van der Waals surface area contributed by atoms with Crippen LogP contribution in [0.5, 0.6) is 0 Å². The Labute approximate surface area is 182 Å².